The molecule has 0 bridgehead atoms. The van der Waals surface area contributed by atoms with Gasteiger partial charge in [-0.1, -0.05) is 6.07 Å². The van der Waals surface area contributed by atoms with Crippen molar-refractivity contribution in [3.63, 3.8) is 0 Å². The molecule has 0 saturated heterocycles. The van der Waals surface area contributed by atoms with Gasteiger partial charge in [-0.2, -0.15) is 5.26 Å². The van der Waals surface area contributed by atoms with Crippen LogP contribution in [0.3, 0.4) is 0 Å². The lowest BCUT2D eigenvalue weighted by molar-refractivity contribution is 0.592. The van der Waals surface area contributed by atoms with Crippen LogP contribution in [0.1, 0.15) is 5.56 Å². The van der Waals surface area contributed by atoms with Gasteiger partial charge in [-0.15, -0.1) is 0 Å². The molecule has 80 valence electrons. The van der Waals surface area contributed by atoms with E-state index in [1.54, 1.807) is 6.07 Å². The van der Waals surface area contributed by atoms with Crippen LogP contribution in [0.15, 0.2) is 23.1 Å². The van der Waals surface area contributed by atoms with Crippen molar-refractivity contribution in [1.29, 1.82) is 5.26 Å². The molecule has 0 aliphatic carbocycles. The minimum Gasteiger partial charge on any atom is -0.326 e. The Morgan fingerprint density at radius 1 is 1.67 bits per heavy atom. The number of benzene rings is 1. The van der Waals surface area contributed by atoms with Crippen LogP contribution in [-0.2, 0) is 16.3 Å². The highest BCUT2D eigenvalue weighted by atomic mass is 32.2. The van der Waals surface area contributed by atoms with Crippen molar-refractivity contribution in [2.24, 2.45) is 5.73 Å². The standard InChI is InChI=1S/C9H10FN3OS/c1-15(14,13-6-12)9-3-2-7(5-11)4-8(9)10/h2-4H,1,5,11H2,(H,13,14). The van der Waals surface area contributed by atoms with E-state index in [1.165, 1.54) is 18.3 Å². The maximum Gasteiger partial charge on any atom is 0.189 e. The molecule has 0 amide bonds. The summed E-state index contributed by atoms with van der Waals surface area (Å²) in [5, 5.41) is 8.33. The Morgan fingerprint density at radius 2 is 2.33 bits per heavy atom. The molecule has 4 nitrogen and oxygen atoms in total. The third kappa shape index (κ3) is 2.46. The van der Waals surface area contributed by atoms with E-state index in [-0.39, 0.29) is 11.4 Å². The summed E-state index contributed by atoms with van der Waals surface area (Å²) >= 11 is 0. The van der Waals surface area contributed by atoms with Crippen LogP contribution in [-0.4, -0.2) is 10.1 Å². The summed E-state index contributed by atoms with van der Waals surface area (Å²) in [5.41, 5.74) is 5.90. The molecule has 1 aromatic carbocycles. The largest absolute Gasteiger partial charge is 0.326 e. The van der Waals surface area contributed by atoms with Gasteiger partial charge in [0.15, 0.2) is 6.19 Å². The number of halogens is 1. The normalized spacial score (nSPS) is 13.9. The monoisotopic (exact) mass is 227 g/mol. The highest BCUT2D eigenvalue weighted by Gasteiger charge is 2.12. The van der Waals surface area contributed by atoms with Gasteiger partial charge in [0, 0.05) is 6.54 Å². The molecule has 1 aromatic rings. The highest BCUT2D eigenvalue weighted by molar-refractivity contribution is 7.98. The maximum atomic E-state index is 13.4. The summed E-state index contributed by atoms with van der Waals surface area (Å²) in [7, 11) is -3.09. The molecule has 0 spiro atoms. The Balaban J connectivity index is 3.24. The summed E-state index contributed by atoms with van der Waals surface area (Å²) in [4.78, 5) is -0.124. The molecule has 1 atom stereocenters. The Hall–Kier alpha value is -1.58. The zero-order chi connectivity index (χ0) is 11.5. The molecule has 0 fully saturated rings. The van der Waals surface area contributed by atoms with E-state index in [4.69, 9.17) is 11.0 Å². The van der Waals surface area contributed by atoms with Gasteiger partial charge in [-0.25, -0.2) is 13.3 Å². The first-order chi connectivity index (χ1) is 7.01. The number of nitrogens with two attached hydrogens (primary N) is 1. The number of rotatable bonds is 3. The molecule has 0 heterocycles. The smallest absolute Gasteiger partial charge is 0.189 e. The second-order valence-electron chi connectivity index (χ2n) is 2.86. The maximum absolute atomic E-state index is 13.4. The predicted molar refractivity (Wildman–Crippen MR) is 56.6 cm³/mol. The van der Waals surface area contributed by atoms with Gasteiger partial charge in [0.25, 0.3) is 0 Å². The third-order valence-electron chi connectivity index (χ3n) is 1.80. The van der Waals surface area contributed by atoms with Crippen molar-refractivity contribution in [1.82, 2.24) is 4.72 Å². The van der Waals surface area contributed by atoms with E-state index >= 15 is 0 Å². The summed E-state index contributed by atoms with van der Waals surface area (Å²) in [5.74, 6) is 2.59. The summed E-state index contributed by atoms with van der Waals surface area (Å²) in [6, 6.07) is 4.04. The third-order valence-corrected chi connectivity index (χ3v) is 3.26. The Kier molecular flexibility index (Phi) is 3.29. The summed E-state index contributed by atoms with van der Waals surface area (Å²) < 4.78 is 27.1. The highest BCUT2D eigenvalue weighted by Crippen LogP contribution is 2.15. The first-order valence-electron chi connectivity index (χ1n) is 4.03. The van der Waals surface area contributed by atoms with Gasteiger partial charge in [0.2, 0.25) is 0 Å². The van der Waals surface area contributed by atoms with Crippen LogP contribution in [0, 0.1) is 17.3 Å². The van der Waals surface area contributed by atoms with Crippen molar-refractivity contribution in [2.45, 2.75) is 11.4 Å². The predicted octanol–water partition coefficient (Wildman–Crippen LogP) is 0.345. The minimum absolute atomic E-state index is 0.124. The van der Waals surface area contributed by atoms with Crippen molar-refractivity contribution in [2.75, 3.05) is 0 Å². The van der Waals surface area contributed by atoms with Crippen LogP contribution >= 0.6 is 0 Å². The lowest BCUT2D eigenvalue weighted by Crippen LogP contribution is -2.19. The lowest BCUT2D eigenvalue weighted by Gasteiger charge is -2.08. The molecule has 1 unspecified atom stereocenters. The molecule has 0 aliphatic rings. The molecule has 0 radical (unpaired) electrons. The van der Waals surface area contributed by atoms with Gasteiger partial charge in [-0.05, 0) is 23.6 Å². The molecule has 6 heteroatoms. The molecule has 0 saturated carbocycles. The van der Waals surface area contributed by atoms with E-state index in [2.05, 4.69) is 5.87 Å². The molecular weight excluding hydrogens is 217 g/mol. The van der Waals surface area contributed by atoms with Crippen molar-refractivity contribution >= 4 is 15.6 Å². The lowest BCUT2D eigenvalue weighted by atomic mass is 10.2. The number of hydrogen-bond acceptors (Lipinski definition) is 3. The number of nitrogens with one attached hydrogen (secondary N) is 1. The molecule has 1 rings (SSSR count). The second-order valence-corrected chi connectivity index (χ2v) is 4.85. The zero-order valence-electron chi connectivity index (χ0n) is 7.87. The zero-order valence-corrected chi connectivity index (χ0v) is 8.68. The van der Waals surface area contributed by atoms with Gasteiger partial charge in [0.05, 0.1) is 14.6 Å². The molecule has 0 aromatic heterocycles. The first-order valence-corrected chi connectivity index (χ1v) is 5.75. The average Bonchev–Trinajstić information content (AvgIpc) is 2.17. The van der Waals surface area contributed by atoms with Crippen molar-refractivity contribution in [3.8, 4) is 6.19 Å². The van der Waals surface area contributed by atoms with Gasteiger partial charge >= 0.3 is 0 Å². The van der Waals surface area contributed by atoms with E-state index in [9.17, 15) is 8.60 Å². The van der Waals surface area contributed by atoms with Crippen LogP contribution in [0.25, 0.3) is 0 Å². The molecule has 0 aliphatic heterocycles. The van der Waals surface area contributed by atoms with Crippen molar-refractivity contribution < 1.29 is 8.60 Å². The molecule has 3 N–H and O–H groups in total. The van der Waals surface area contributed by atoms with Gasteiger partial charge in [0.1, 0.15) is 5.82 Å². The van der Waals surface area contributed by atoms with Crippen molar-refractivity contribution in [3.05, 3.63) is 29.6 Å². The van der Waals surface area contributed by atoms with E-state index in [0.29, 0.717) is 5.56 Å². The summed E-state index contributed by atoms with van der Waals surface area (Å²) in [6.07, 6.45) is 1.48. The Morgan fingerprint density at radius 3 is 2.80 bits per heavy atom. The second kappa shape index (κ2) is 4.29. The van der Waals surface area contributed by atoms with Crippen LogP contribution in [0.2, 0.25) is 0 Å². The fourth-order valence-corrected chi connectivity index (χ4v) is 1.99. The quantitative estimate of drug-likeness (QED) is 0.444. The minimum atomic E-state index is -3.09. The fraction of sp³-hybridized carbons (Fsp3) is 0.111. The molecular formula is C9H10FN3OS. The van der Waals surface area contributed by atoms with Crippen LogP contribution in [0.5, 0.6) is 0 Å². The Labute approximate surface area is 87.7 Å². The number of nitriles is 1. The first kappa shape index (κ1) is 11.5. The fourth-order valence-electron chi connectivity index (χ4n) is 1.07. The van der Waals surface area contributed by atoms with E-state index in [1.807, 2.05) is 4.72 Å². The number of nitrogens with zero attached hydrogens (tertiary/aromatic N) is 1. The Bertz CT molecular complexity index is 505. The SMILES string of the molecule is C=S(=O)(NC#N)c1ccc(CN)cc1F. The average molecular weight is 227 g/mol. The topological polar surface area (TPSA) is 78.9 Å². The van der Waals surface area contributed by atoms with Crippen LogP contribution < -0.4 is 10.5 Å². The number of hydrogen-bond donors (Lipinski definition) is 2. The van der Waals surface area contributed by atoms with E-state index < -0.39 is 15.5 Å². The van der Waals surface area contributed by atoms with Gasteiger partial charge in [-0.3, -0.25) is 0 Å². The van der Waals surface area contributed by atoms with E-state index in [0.717, 1.165) is 0 Å². The van der Waals surface area contributed by atoms with Gasteiger partial charge < -0.3 is 5.73 Å². The molecule has 15 heavy (non-hydrogen) atoms. The van der Waals surface area contributed by atoms with Crippen LogP contribution in [0.4, 0.5) is 4.39 Å². The summed E-state index contributed by atoms with van der Waals surface area (Å²) in [6.45, 7) is 0.196.